The Bertz CT molecular complexity index is 671. The van der Waals surface area contributed by atoms with Crippen molar-refractivity contribution < 1.29 is 14.1 Å². The Hall–Kier alpha value is -1.96. The number of ether oxygens (including phenoxy) is 1. The van der Waals surface area contributed by atoms with E-state index in [2.05, 4.69) is 15.5 Å². The summed E-state index contributed by atoms with van der Waals surface area (Å²) >= 11 is 0. The topological polar surface area (TPSA) is 103 Å². The first-order valence-corrected chi connectivity index (χ1v) is 7.53. The van der Waals surface area contributed by atoms with Crippen LogP contribution in [0, 0.1) is 6.92 Å². The largest absolute Gasteiger partial charge is 0.380 e. The van der Waals surface area contributed by atoms with Crippen molar-refractivity contribution in [3.8, 4) is 11.5 Å². The van der Waals surface area contributed by atoms with Gasteiger partial charge in [-0.25, -0.2) is 0 Å². The molecule has 0 fully saturated rings. The van der Waals surface area contributed by atoms with Gasteiger partial charge in [0.25, 0.3) is 5.89 Å². The van der Waals surface area contributed by atoms with Gasteiger partial charge in [0.1, 0.15) is 0 Å². The van der Waals surface area contributed by atoms with Crippen LogP contribution in [-0.2, 0) is 16.0 Å². The van der Waals surface area contributed by atoms with Gasteiger partial charge in [0.2, 0.25) is 5.91 Å². The van der Waals surface area contributed by atoms with Crippen molar-refractivity contribution in [3.63, 3.8) is 0 Å². The van der Waals surface area contributed by atoms with Crippen LogP contribution < -0.4 is 11.1 Å². The van der Waals surface area contributed by atoms with Crippen LogP contribution in [0.3, 0.4) is 0 Å². The maximum absolute atomic E-state index is 12.1. The molecule has 0 saturated carbocycles. The van der Waals surface area contributed by atoms with Crippen LogP contribution in [0.1, 0.15) is 24.7 Å². The Morgan fingerprint density at radius 1 is 1.46 bits per heavy atom. The number of carbonyl (C=O) groups excluding carboxylic acids is 1. The summed E-state index contributed by atoms with van der Waals surface area (Å²) in [6.45, 7) is 4.17. The number of carbonyl (C=O) groups is 1. The first-order valence-electron chi connectivity index (χ1n) is 7.53. The number of methoxy groups -OCH3 is 1. The van der Waals surface area contributed by atoms with Crippen LogP contribution >= 0.6 is 12.4 Å². The summed E-state index contributed by atoms with van der Waals surface area (Å²) < 4.78 is 10.4. The lowest BCUT2D eigenvalue weighted by Crippen LogP contribution is -2.28. The number of nitrogens with zero attached hydrogens (tertiary/aromatic N) is 2. The van der Waals surface area contributed by atoms with E-state index in [-0.39, 0.29) is 30.8 Å². The highest BCUT2D eigenvalue weighted by atomic mass is 35.5. The summed E-state index contributed by atoms with van der Waals surface area (Å²) in [4.78, 5) is 16.4. The number of hydrogen-bond acceptors (Lipinski definition) is 6. The molecule has 0 saturated heterocycles. The van der Waals surface area contributed by atoms with Crippen molar-refractivity contribution in [1.82, 2.24) is 10.1 Å². The fraction of sp³-hybridized carbons (Fsp3) is 0.438. The molecule has 0 aliphatic carbocycles. The molecule has 24 heavy (non-hydrogen) atoms. The average Bonchev–Trinajstić information content (AvgIpc) is 3.03. The molecular weight excluding hydrogens is 332 g/mol. The first-order chi connectivity index (χ1) is 11.1. The van der Waals surface area contributed by atoms with Gasteiger partial charge in [-0.15, -0.1) is 12.4 Å². The zero-order valence-electron chi connectivity index (χ0n) is 14.0. The third-order valence-electron chi connectivity index (χ3n) is 3.55. The number of nitrogens with one attached hydrogen (secondary N) is 1. The van der Waals surface area contributed by atoms with Gasteiger partial charge in [0.15, 0.2) is 5.82 Å². The lowest BCUT2D eigenvalue weighted by atomic mass is 10.1. The lowest BCUT2D eigenvalue weighted by molar-refractivity contribution is -0.118. The van der Waals surface area contributed by atoms with E-state index in [0.29, 0.717) is 30.4 Å². The van der Waals surface area contributed by atoms with E-state index in [1.54, 1.807) is 0 Å². The zero-order valence-corrected chi connectivity index (χ0v) is 14.9. The number of aromatic nitrogens is 2. The first kappa shape index (κ1) is 20.1. The van der Waals surface area contributed by atoms with Gasteiger partial charge in [0.05, 0.1) is 12.5 Å². The molecule has 0 aliphatic rings. The minimum Gasteiger partial charge on any atom is -0.380 e. The Labute approximate surface area is 147 Å². The number of aryl methyl sites for hydroxylation is 2. The van der Waals surface area contributed by atoms with E-state index >= 15 is 0 Å². The molecule has 1 amide bonds. The Morgan fingerprint density at radius 2 is 2.21 bits per heavy atom. The predicted molar refractivity (Wildman–Crippen MR) is 94.2 cm³/mol. The van der Waals surface area contributed by atoms with Gasteiger partial charge in [-0.1, -0.05) is 18.1 Å². The van der Waals surface area contributed by atoms with Crippen LogP contribution in [0.4, 0.5) is 5.69 Å². The van der Waals surface area contributed by atoms with Gasteiger partial charge in [-0.3, -0.25) is 4.79 Å². The smallest absolute Gasteiger partial charge is 0.257 e. The molecule has 2 aromatic rings. The predicted octanol–water partition coefficient (Wildman–Crippen LogP) is 2.33. The summed E-state index contributed by atoms with van der Waals surface area (Å²) in [5, 5.41) is 6.76. The van der Waals surface area contributed by atoms with Crippen molar-refractivity contribution in [2.24, 2.45) is 5.73 Å². The van der Waals surface area contributed by atoms with Gasteiger partial charge < -0.3 is 20.3 Å². The Balaban J connectivity index is 0.00000288. The third-order valence-corrected chi connectivity index (χ3v) is 3.55. The molecule has 1 atom stereocenters. The molecule has 1 unspecified atom stereocenters. The van der Waals surface area contributed by atoms with Crippen molar-refractivity contribution in [2.75, 3.05) is 19.0 Å². The minimum atomic E-state index is -0.290. The quantitative estimate of drug-likeness (QED) is 0.790. The molecule has 132 valence electrons. The van der Waals surface area contributed by atoms with E-state index in [4.69, 9.17) is 15.0 Å². The van der Waals surface area contributed by atoms with Gasteiger partial charge in [-0.05, 0) is 24.6 Å². The standard InChI is InChI=1S/C16H22N4O3.ClH/c1-4-14-19-16(23-20-14)11-6-5-10(2)13(7-11)18-15(21)8-12(9-17)22-3;/h5-7,12H,4,8-9,17H2,1-3H3,(H,18,21);1H. The molecule has 2 rings (SSSR count). The van der Waals surface area contributed by atoms with Crippen LogP contribution in [0.5, 0.6) is 0 Å². The van der Waals surface area contributed by atoms with Crippen LogP contribution in [0.2, 0.25) is 0 Å². The van der Waals surface area contributed by atoms with Crippen molar-refractivity contribution in [3.05, 3.63) is 29.6 Å². The van der Waals surface area contributed by atoms with Crippen LogP contribution in [0.15, 0.2) is 22.7 Å². The van der Waals surface area contributed by atoms with Crippen molar-refractivity contribution >= 4 is 24.0 Å². The molecule has 0 aliphatic heterocycles. The number of amides is 1. The maximum Gasteiger partial charge on any atom is 0.257 e. The highest BCUT2D eigenvalue weighted by Gasteiger charge is 2.14. The molecule has 3 N–H and O–H groups in total. The van der Waals surface area contributed by atoms with Crippen LogP contribution in [0.25, 0.3) is 11.5 Å². The fourth-order valence-electron chi connectivity index (χ4n) is 2.08. The number of benzene rings is 1. The molecule has 1 aromatic heterocycles. The summed E-state index contributed by atoms with van der Waals surface area (Å²) in [5.41, 5.74) is 7.95. The average molecular weight is 355 g/mol. The molecule has 0 radical (unpaired) electrons. The Kier molecular flexibility index (Phi) is 7.84. The second kappa shape index (κ2) is 9.36. The summed E-state index contributed by atoms with van der Waals surface area (Å²) in [5.74, 6) is 0.938. The molecule has 0 bridgehead atoms. The van der Waals surface area contributed by atoms with Gasteiger partial charge in [-0.2, -0.15) is 4.98 Å². The molecule has 1 aromatic carbocycles. The van der Waals surface area contributed by atoms with Gasteiger partial charge >= 0.3 is 0 Å². The molecule has 7 nitrogen and oxygen atoms in total. The lowest BCUT2D eigenvalue weighted by Gasteiger charge is -2.14. The van der Waals surface area contributed by atoms with E-state index in [1.807, 2.05) is 32.0 Å². The molecule has 0 spiro atoms. The van der Waals surface area contributed by atoms with E-state index in [1.165, 1.54) is 7.11 Å². The highest BCUT2D eigenvalue weighted by molar-refractivity contribution is 5.92. The minimum absolute atomic E-state index is 0. The Morgan fingerprint density at radius 3 is 2.79 bits per heavy atom. The monoisotopic (exact) mass is 354 g/mol. The number of halogens is 1. The number of hydrogen-bond donors (Lipinski definition) is 2. The number of rotatable bonds is 7. The third kappa shape index (κ3) is 5.02. The second-order valence-electron chi connectivity index (χ2n) is 5.24. The summed E-state index contributed by atoms with van der Waals surface area (Å²) in [6, 6.07) is 5.61. The maximum atomic E-state index is 12.1. The number of nitrogens with two attached hydrogens (primary N) is 1. The second-order valence-corrected chi connectivity index (χ2v) is 5.24. The highest BCUT2D eigenvalue weighted by Crippen LogP contribution is 2.24. The number of anilines is 1. The summed E-state index contributed by atoms with van der Waals surface area (Å²) in [6.07, 6.45) is 0.620. The van der Waals surface area contributed by atoms with Crippen molar-refractivity contribution in [1.29, 1.82) is 0 Å². The van der Waals surface area contributed by atoms with Gasteiger partial charge in [0, 0.05) is 31.3 Å². The molecular formula is C16H23ClN4O3. The van der Waals surface area contributed by atoms with Crippen molar-refractivity contribution in [2.45, 2.75) is 32.8 Å². The fourth-order valence-corrected chi connectivity index (χ4v) is 2.08. The van der Waals surface area contributed by atoms with E-state index in [0.717, 1.165) is 11.1 Å². The zero-order chi connectivity index (χ0) is 16.8. The SMILES string of the molecule is CCc1noc(-c2ccc(C)c(NC(=O)CC(CN)OC)c2)n1.Cl. The summed E-state index contributed by atoms with van der Waals surface area (Å²) in [7, 11) is 1.54. The van der Waals surface area contributed by atoms with E-state index in [9.17, 15) is 4.79 Å². The van der Waals surface area contributed by atoms with Crippen LogP contribution in [-0.4, -0.2) is 35.8 Å². The van der Waals surface area contributed by atoms with E-state index < -0.39 is 0 Å². The normalized spacial score (nSPS) is 11.7. The molecule has 8 heteroatoms. The molecule has 1 heterocycles.